The van der Waals surface area contributed by atoms with Crippen molar-refractivity contribution < 1.29 is 9.90 Å². The SMILES string of the molecule is Cc1cc(C)cc(CSCc2ncncc2C(=O)O)c1. The maximum absolute atomic E-state index is 11.1. The molecule has 2 rings (SSSR count). The van der Waals surface area contributed by atoms with Crippen molar-refractivity contribution in [2.75, 3.05) is 0 Å². The first kappa shape index (κ1) is 14.5. The molecule has 0 aliphatic carbocycles. The fraction of sp³-hybridized carbons (Fsp3) is 0.267. The molecule has 0 saturated heterocycles. The van der Waals surface area contributed by atoms with Crippen molar-refractivity contribution in [1.29, 1.82) is 0 Å². The first-order valence-electron chi connectivity index (χ1n) is 6.23. The molecule has 1 heterocycles. The Bertz CT molecular complexity index is 609. The van der Waals surface area contributed by atoms with Crippen LogP contribution in [0.2, 0.25) is 0 Å². The van der Waals surface area contributed by atoms with Crippen LogP contribution in [0.1, 0.15) is 32.7 Å². The molecule has 0 spiro atoms. The second kappa shape index (κ2) is 6.52. The summed E-state index contributed by atoms with van der Waals surface area (Å²) < 4.78 is 0. The number of carbonyl (C=O) groups is 1. The predicted octanol–water partition coefficient (Wildman–Crippen LogP) is 3.23. The van der Waals surface area contributed by atoms with Crippen molar-refractivity contribution in [3.63, 3.8) is 0 Å². The summed E-state index contributed by atoms with van der Waals surface area (Å²) in [7, 11) is 0. The Balaban J connectivity index is 2.01. The van der Waals surface area contributed by atoms with Gasteiger partial charge in [0.15, 0.2) is 0 Å². The normalized spacial score (nSPS) is 10.5. The molecule has 1 aromatic heterocycles. The van der Waals surface area contributed by atoms with E-state index in [1.165, 1.54) is 29.2 Å². The van der Waals surface area contributed by atoms with Crippen LogP contribution >= 0.6 is 11.8 Å². The Morgan fingerprint density at radius 2 is 1.90 bits per heavy atom. The van der Waals surface area contributed by atoms with Gasteiger partial charge in [0.2, 0.25) is 0 Å². The Morgan fingerprint density at radius 3 is 2.55 bits per heavy atom. The van der Waals surface area contributed by atoms with Gasteiger partial charge in [-0.1, -0.05) is 29.3 Å². The number of carboxylic acid groups (broad SMARTS) is 1. The third-order valence-corrected chi connectivity index (χ3v) is 3.83. The number of aryl methyl sites for hydroxylation is 2. The number of aromatic carboxylic acids is 1. The maximum Gasteiger partial charge on any atom is 0.339 e. The molecule has 0 aliphatic heterocycles. The third-order valence-electron chi connectivity index (χ3n) is 2.81. The molecule has 0 unspecified atom stereocenters. The zero-order valence-electron chi connectivity index (χ0n) is 11.5. The van der Waals surface area contributed by atoms with Crippen LogP contribution in [0, 0.1) is 13.8 Å². The van der Waals surface area contributed by atoms with Gasteiger partial charge in [-0.25, -0.2) is 14.8 Å². The van der Waals surface area contributed by atoms with Gasteiger partial charge in [0.1, 0.15) is 11.9 Å². The molecule has 0 amide bonds. The van der Waals surface area contributed by atoms with Crippen LogP contribution in [0.4, 0.5) is 0 Å². The van der Waals surface area contributed by atoms with E-state index in [0.717, 1.165) is 5.75 Å². The smallest absolute Gasteiger partial charge is 0.339 e. The van der Waals surface area contributed by atoms with Gasteiger partial charge < -0.3 is 5.11 Å². The highest BCUT2D eigenvalue weighted by Gasteiger charge is 2.11. The Morgan fingerprint density at radius 1 is 1.20 bits per heavy atom. The van der Waals surface area contributed by atoms with Gasteiger partial charge in [-0.2, -0.15) is 11.8 Å². The minimum atomic E-state index is -0.979. The lowest BCUT2D eigenvalue weighted by Gasteiger charge is -2.06. The number of benzene rings is 1. The van der Waals surface area contributed by atoms with E-state index in [2.05, 4.69) is 42.0 Å². The average Bonchev–Trinajstić information content (AvgIpc) is 2.38. The number of nitrogens with zero attached hydrogens (tertiary/aromatic N) is 2. The molecule has 0 bridgehead atoms. The number of aromatic nitrogens is 2. The van der Waals surface area contributed by atoms with E-state index in [1.54, 1.807) is 11.8 Å². The lowest BCUT2D eigenvalue weighted by atomic mass is 10.1. The van der Waals surface area contributed by atoms with E-state index < -0.39 is 5.97 Å². The number of carboxylic acids is 1. The molecule has 0 radical (unpaired) electrons. The Kier molecular flexibility index (Phi) is 4.74. The Labute approximate surface area is 122 Å². The van der Waals surface area contributed by atoms with Crippen LogP contribution in [-0.4, -0.2) is 21.0 Å². The number of thioether (sulfide) groups is 1. The molecule has 4 nitrogen and oxygen atoms in total. The summed E-state index contributed by atoms with van der Waals surface area (Å²) in [5.41, 5.74) is 4.49. The van der Waals surface area contributed by atoms with E-state index in [9.17, 15) is 4.79 Å². The highest BCUT2D eigenvalue weighted by molar-refractivity contribution is 7.97. The Hall–Kier alpha value is -1.88. The van der Waals surface area contributed by atoms with E-state index in [1.807, 2.05) is 0 Å². The number of hydrogen-bond donors (Lipinski definition) is 1. The van der Waals surface area contributed by atoms with Gasteiger partial charge >= 0.3 is 5.97 Å². The zero-order chi connectivity index (χ0) is 14.5. The van der Waals surface area contributed by atoms with E-state index >= 15 is 0 Å². The van der Waals surface area contributed by atoms with E-state index in [0.29, 0.717) is 11.4 Å². The topological polar surface area (TPSA) is 63.1 Å². The summed E-state index contributed by atoms with van der Waals surface area (Å²) in [6.07, 6.45) is 2.74. The van der Waals surface area contributed by atoms with Crippen LogP contribution in [0.15, 0.2) is 30.7 Å². The first-order valence-corrected chi connectivity index (χ1v) is 7.39. The molecule has 0 saturated carbocycles. The second-order valence-electron chi connectivity index (χ2n) is 4.68. The minimum absolute atomic E-state index is 0.181. The van der Waals surface area contributed by atoms with Crippen molar-refractivity contribution in [1.82, 2.24) is 9.97 Å². The molecule has 20 heavy (non-hydrogen) atoms. The molecule has 1 aromatic carbocycles. The highest BCUT2D eigenvalue weighted by atomic mass is 32.2. The van der Waals surface area contributed by atoms with Gasteiger partial charge in [-0.05, 0) is 19.4 Å². The first-order chi connectivity index (χ1) is 9.56. The zero-order valence-corrected chi connectivity index (χ0v) is 12.3. The van der Waals surface area contributed by atoms with Crippen molar-refractivity contribution in [3.05, 3.63) is 58.7 Å². The second-order valence-corrected chi connectivity index (χ2v) is 5.66. The molecule has 104 valence electrons. The van der Waals surface area contributed by atoms with Crippen molar-refractivity contribution in [3.8, 4) is 0 Å². The molecule has 0 fully saturated rings. The van der Waals surface area contributed by atoms with Gasteiger partial charge in [0.05, 0.1) is 5.69 Å². The van der Waals surface area contributed by atoms with Crippen molar-refractivity contribution in [2.24, 2.45) is 0 Å². The molecule has 0 aliphatic rings. The van der Waals surface area contributed by atoms with Crippen LogP contribution in [0.25, 0.3) is 0 Å². The summed E-state index contributed by atoms with van der Waals surface area (Å²) in [6.45, 7) is 4.16. The van der Waals surface area contributed by atoms with Crippen molar-refractivity contribution in [2.45, 2.75) is 25.4 Å². The number of hydrogen-bond acceptors (Lipinski definition) is 4. The van der Waals surface area contributed by atoms with E-state index in [4.69, 9.17) is 5.11 Å². The fourth-order valence-corrected chi connectivity index (χ4v) is 2.99. The standard InChI is InChI=1S/C15H16N2O2S/c1-10-3-11(2)5-12(4-10)7-20-8-14-13(15(18)19)6-16-9-17-14/h3-6,9H,7-8H2,1-2H3,(H,18,19). The summed E-state index contributed by atoms with van der Waals surface area (Å²) in [5.74, 6) is 0.426. The molecular formula is C15H16N2O2S. The highest BCUT2D eigenvalue weighted by Crippen LogP contribution is 2.20. The lowest BCUT2D eigenvalue weighted by Crippen LogP contribution is -2.04. The molecule has 0 atom stereocenters. The quantitative estimate of drug-likeness (QED) is 0.915. The monoisotopic (exact) mass is 288 g/mol. The van der Waals surface area contributed by atoms with Crippen LogP contribution in [0.5, 0.6) is 0 Å². The van der Waals surface area contributed by atoms with Gasteiger partial charge in [0, 0.05) is 17.7 Å². The number of rotatable bonds is 5. The predicted molar refractivity (Wildman–Crippen MR) is 79.9 cm³/mol. The summed E-state index contributed by atoms with van der Waals surface area (Å²) in [4.78, 5) is 18.9. The van der Waals surface area contributed by atoms with Crippen LogP contribution < -0.4 is 0 Å². The summed E-state index contributed by atoms with van der Waals surface area (Å²) >= 11 is 1.65. The minimum Gasteiger partial charge on any atom is -0.478 e. The van der Waals surface area contributed by atoms with Crippen LogP contribution in [0.3, 0.4) is 0 Å². The van der Waals surface area contributed by atoms with Gasteiger partial charge in [-0.3, -0.25) is 0 Å². The van der Waals surface area contributed by atoms with Crippen molar-refractivity contribution >= 4 is 17.7 Å². The molecule has 2 aromatic rings. The van der Waals surface area contributed by atoms with E-state index in [-0.39, 0.29) is 5.56 Å². The maximum atomic E-state index is 11.1. The summed E-state index contributed by atoms with van der Waals surface area (Å²) in [5, 5.41) is 9.07. The summed E-state index contributed by atoms with van der Waals surface area (Å²) in [6, 6.07) is 6.44. The average molecular weight is 288 g/mol. The lowest BCUT2D eigenvalue weighted by molar-refractivity contribution is 0.0695. The fourth-order valence-electron chi connectivity index (χ4n) is 2.07. The van der Waals surface area contributed by atoms with Crippen LogP contribution in [-0.2, 0) is 11.5 Å². The molecule has 1 N–H and O–H groups in total. The molecule has 5 heteroatoms. The third kappa shape index (κ3) is 3.81. The van der Waals surface area contributed by atoms with Gasteiger partial charge in [-0.15, -0.1) is 0 Å². The largest absolute Gasteiger partial charge is 0.478 e. The molecular weight excluding hydrogens is 272 g/mol. The van der Waals surface area contributed by atoms with Gasteiger partial charge in [0.25, 0.3) is 0 Å².